The van der Waals surface area contributed by atoms with Crippen molar-refractivity contribution in [3.05, 3.63) is 0 Å². The molecule has 0 saturated heterocycles. The zero-order valence-corrected chi connectivity index (χ0v) is 15.3. The largest absolute Gasteiger partial charge is 0.377 e. The highest BCUT2D eigenvalue weighted by Crippen LogP contribution is 2.15. The fourth-order valence-electron chi connectivity index (χ4n) is 3.10. The molecule has 0 radical (unpaired) electrons. The maximum absolute atomic E-state index is 5.82. The summed E-state index contributed by atoms with van der Waals surface area (Å²) in [5, 5.41) is 3.44. The Morgan fingerprint density at radius 1 is 0.762 bits per heavy atom. The number of likely N-dealkylation sites (N-methyl/N-ethyl adjacent to an activating group) is 1. The number of unbranched alkanes of at least 4 members (excludes halogenated alkanes) is 9. The summed E-state index contributed by atoms with van der Waals surface area (Å²) in [4.78, 5) is 0. The predicted molar refractivity (Wildman–Crippen MR) is 95.0 cm³/mol. The molecule has 0 fully saturated rings. The average molecular weight is 300 g/mol. The van der Waals surface area contributed by atoms with Crippen LogP contribution in [0.25, 0.3) is 0 Å². The van der Waals surface area contributed by atoms with Crippen LogP contribution in [0, 0.1) is 0 Å². The molecule has 0 rings (SSSR count). The fraction of sp³-hybridized carbons (Fsp3) is 1.00. The van der Waals surface area contributed by atoms with Gasteiger partial charge in [-0.05, 0) is 26.8 Å². The Morgan fingerprint density at radius 3 is 1.71 bits per heavy atom. The van der Waals surface area contributed by atoms with Gasteiger partial charge in [-0.25, -0.2) is 0 Å². The summed E-state index contributed by atoms with van der Waals surface area (Å²) in [6.45, 7) is 7.43. The lowest BCUT2D eigenvalue weighted by Crippen LogP contribution is -2.39. The third-order valence-corrected chi connectivity index (χ3v) is 4.47. The lowest BCUT2D eigenvalue weighted by molar-refractivity contribution is 0.0310. The zero-order valence-electron chi connectivity index (χ0n) is 15.3. The molecule has 0 spiro atoms. The minimum absolute atomic E-state index is 0.388. The smallest absolute Gasteiger partial charge is 0.0725 e. The lowest BCUT2D eigenvalue weighted by atomic mass is 10.00. The highest BCUT2D eigenvalue weighted by molar-refractivity contribution is 4.74. The van der Waals surface area contributed by atoms with Crippen molar-refractivity contribution in [3.8, 4) is 0 Å². The van der Waals surface area contributed by atoms with Crippen molar-refractivity contribution in [1.82, 2.24) is 5.32 Å². The van der Waals surface area contributed by atoms with Gasteiger partial charge in [0.05, 0.1) is 6.10 Å². The van der Waals surface area contributed by atoms with E-state index in [0.29, 0.717) is 12.1 Å². The van der Waals surface area contributed by atoms with Crippen LogP contribution in [0.5, 0.6) is 0 Å². The van der Waals surface area contributed by atoms with Crippen LogP contribution >= 0.6 is 0 Å². The lowest BCUT2D eigenvalue weighted by Gasteiger charge is -2.25. The van der Waals surface area contributed by atoms with E-state index in [0.717, 1.165) is 13.0 Å². The summed E-state index contributed by atoms with van der Waals surface area (Å²) < 4.78 is 5.82. The van der Waals surface area contributed by atoms with E-state index in [9.17, 15) is 0 Å². The first-order chi connectivity index (χ1) is 10.3. The summed E-state index contributed by atoms with van der Waals surface area (Å²) in [7, 11) is 2.07. The topological polar surface area (TPSA) is 21.3 Å². The molecule has 0 heterocycles. The third kappa shape index (κ3) is 12.2. The Bertz CT molecular complexity index is 196. The molecule has 0 aliphatic heterocycles. The molecular formula is C19H41NO. The van der Waals surface area contributed by atoms with Crippen molar-refractivity contribution in [3.63, 3.8) is 0 Å². The van der Waals surface area contributed by atoms with Crippen LogP contribution in [0.1, 0.15) is 97.8 Å². The van der Waals surface area contributed by atoms with Crippen LogP contribution in [0.4, 0.5) is 0 Å². The molecule has 128 valence electrons. The van der Waals surface area contributed by atoms with Gasteiger partial charge < -0.3 is 10.1 Å². The molecule has 0 aromatic carbocycles. The molecule has 2 heteroatoms. The van der Waals surface area contributed by atoms with Gasteiger partial charge in [0.2, 0.25) is 0 Å². The van der Waals surface area contributed by atoms with Crippen LogP contribution < -0.4 is 5.32 Å². The molecule has 21 heavy (non-hydrogen) atoms. The molecule has 0 saturated carbocycles. The van der Waals surface area contributed by atoms with Gasteiger partial charge >= 0.3 is 0 Å². The zero-order chi connectivity index (χ0) is 15.8. The Labute approximate surface area is 134 Å². The Kier molecular flexibility index (Phi) is 16.2. The minimum atomic E-state index is 0.388. The van der Waals surface area contributed by atoms with Crippen molar-refractivity contribution in [1.29, 1.82) is 0 Å². The Hall–Kier alpha value is -0.0800. The highest BCUT2D eigenvalue weighted by Gasteiger charge is 2.17. The standard InChI is InChI=1S/C19H41NO/c1-5-8-9-10-11-12-13-14-15-16-17-18(20-4)19(6-2)21-7-3/h18-20H,5-17H2,1-4H3. The number of hydrogen-bond donors (Lipinski definition) is 1. The van der Waals surface area contributed by atoms with E-state index in [1.165, 1.54) is 70.6 Å². The quantitative estimate of drug-likeness (QED) is 0.369. The van der Waals surface area contributed by atoms with Crippen LogP contribution in [0.15, 0.2) is 0 Å². The Balaban J connectivity index is 3.46. The summed E-state index contributed by atoms with van der Waals surface area (Å²) >= 11 is 0. The van der Waals surface area contributed by atoms with Gasteiger partial charge in [-0.2, -0.15) is 0 Å². The van der Waals surface area contributed by atoms with Gasteiger partial charge in [0, 0.05) is 12.6 Å². The number of ether oxygens (including phenoxy) is 1. The van der Waals surface area contributed by atoms with E-state index in [-0.39, 0.29) is 0 Å². The first-order valence-corrected chi connectivity index (χ1v) is 9.58. The first kappa shape index (κ1) is 20.9. The molecule has 2 nitrogen and oxygen atoms in total. The van der Waals surface area contributed by atoms with Gasteiger partial charge in [-0.15, -0.1) is 0 Å². The van der Waals surface area contributed by atoms with E-state index in [4.69, 9.17) is 4.74 Å². The van der Waals surface area contributed by atoms with Gasteiger partial charge in [-0.3, -0.25) is 0 Å². The minimum Gasteiger partial charge on any atom is -0.377 e. The van der Waals surface area contributed by atoms with Crippen LogP contribution in [0.3, 0.4) is 0 Å². The van der Waals surface area contributed by atoms with Gasteiger partial charge in [-0.1, -0.05) is 78.1 Å². The molecule has 2 atom stereocenters. The van der Waals surface area contributed by atoms with Crippen molar-refractivity contribution >= 4 is 0 Å². The molecule has 0 aliphatic carbocycles. The second-order valence-electron chi connectivity index (χ2n) is 6.27. The third-order valence-electron chi connectivity index (χ3n) is 4.47. The highest BCUT2D eigenvalue weighted by atomic mass is 16.5. The number of hydrogen-bond acceptors (Lipinski definition) is 2. The maximum Gasteiger partial charge on any atom is 0.0725 e. The van der Waals surface area contributed by atoms with Gasteiger partial charge in [0.25, 0.3) is 0 Å². The van der Waals surface area contributed by atoms with Gasteiger partial charge in [0.1, 0.15) is 0 Å². The molecule has 0 aromatic heterocycles. The van der Waals surface area contributed by atoms with Crippen molar-refractivity contribution in [2.24, 2.45) is 0 Å². The van der Waals surface area contributed by atoms with Crippen LogP contribution in [0.2, 0.25) is 0 Å². The molecule has 0 aliphatic rings. The van der Waals surface area contributed by atoms with E-state index in [1.54, 1.807) is 0 Å². The molecule has 0 aromatic rings. The molecule has 0 amide bonds. The molecule has 2 unspecified atom stereocenters. The maximum atomic E-state index is 5.82. The van der Waals surface area contributed by atoms with Crippen LogP contribution in [-0.2, 0) is 4.74 Å². The van der Waals surface area contributed by atoms with Crippen molar-refractivity contribution in [2.75, 3.05) is 13.7 Å². The second-order valence-corrected chi connectivity index (χ2v) is 6.27. The average Bonchev–Trinajstić information content (AvgIpc) is 2.51. The predicted octanol–water partition coefficient (Wildman–Crippen LogP) is 5.70. The van der Waals surface area contributed by atoms with Crippen molar-refractivity contribution < 1.29 is 4.74 Å². The fourth-order valence-corrected chi connectivity index (χ4v) is 3.10. The monoisotopic (exact) mass is 299 g/mol. The first-order valence-electron chi connectivity index (χ1n) is 9.58. The number of rotatable bonds is 16. The number of nitrogens with one attached hydrogen (secondary N) is 1. The summed E-state index contributed by atoms with van der Waals surface area (Å²) in [5.74, 6) is 0. The molecule has 0 bridgehead atoms. The molecule has 1 N–H and O–H groups in total. The van der Waals surface area contributed by atoms with E-state index in [1.807, 2.05) is 0 Å². The summed E-state index contributed by atoms with van der Waals surface area (Å²) in [6, 6.07) is 0.531. The molecular weight excluding hydrogens is 258 g/mol. The Morgan fingerprint density at radius 2 is 1.29 bits per heavy atom. The summed E-state index contributed by atoms with van der Waals surface area (Å²) in [6.07, 6.45) is 16.9. The van der Waals surface area contributed by atoms with E-state index in [2.05, 4.69) is 33.1 Å². The van der Waals surface area contributed by atoms with E-state index >= 15 is 0 Å². The van der Waals surface area contributed by atoms with Crippen LogP contribution in [-0.4, -0.2) is 25.8 Å². The SMILES string of the molecule is CCCCCCCCCCCCC(NC)C(CC)OCC. The summed E-state index contributed by atoms with van der Waals surface area (Å²) in [5.41, 5.74) is 0. The van der Waals surface area contributed by atoms with Crippen molar-refractivity contribution in [2.45, 2.75) is 110 Å². The van der Waals surface area contributed by atoms with E-state index < -0.39 is 0 Å². The van der Waals surface area contributed by atoms with Gasteiger partial charge in [0.15, 0.2) is 0 Å². The second kappa shape index (κ2) is 16.3. The normalized spacial score (nSPS) is 14.3.